The molecular weight excluding hydrogens is 340 g/mol. The summed E-state index contributed by atoms with van der Waals surface area (Å²) >= 11 is 3.27. The quantitative estimate of drug-likeness (QED) is 0.558. The highest BCUT2D eigenvalue weighted by Gasteiger charge is 2.28. The van der Waals surface area contributed by atoms with Crippen LogP contribution in [0.3, 0.4) is 0 Å². The van der Waals surface area contributed by atoms with Gasteiger partial charge in [0.2, 0.25) is 11.8 Å². The summed E-state index contributed by atoms with van der Waals surface area (Å²) in [5.74, 6) is -1.21. The average Bonchev–Trinajstić information content (AvgIpc) is 2.74. The molecule has 2 rings (SSSR count). The van der Waals surface area contributed by atoms with Crippen molar-refractivity contribution in [3.8, 4) is 5.75 Å². The molecule has 1 atom stereocenters. The smallest absolute Gasteiger partial charge is 0.249 e. The van der Waals surface area contributed by atoms with Crippen molar-refractivity contribution in [2.75, 3.05) is 0 Å². The van der Waals surface area contributed by atoms with Crippen LogP contribution >= 0.6 is 15.9 Å². The fourth-order valence-electron chi connectivity index (χ4n) is 1.76. The van der Waals surface area contributed by atoms with Gasteiger partial charge in [0, 0.05) is 22.2 Å². The first-order valence-electron chi connectivity index (χ1n) is 6.12. The van der Waals surface area contributed by atoms with Crippen molar-refractivity contribution >= 4 is 39.7 Å². The Morgan fingerprint density at radius 1 is 1.62 bits per heavy atom. The molecule has 21 heavy (non-hydrogen) atoms. The van der Waals surface area contributed by atoms with Gasteiger partial charge in [-0.1, -0.05) is 15.9 Å². The van der Waals surface area contributed by atoms with Gasteiger partial charge in [-0.3, -0.25) is 9.59 Å². The van der Waals surface area contributed by atoms with Crippen LogP contribution < -0.4 is 10.9 Å². The lowest BCUT2D eigenvalue weighted by Gasteiger charge is -2.05. The largest absolute Gasteiger partial charge is 0.507 e. The van der Waals surface area contributed by atoms with Crippen molar-refractivity contribution in [2.24, 2.45) is 16.1 Å². The molecule has 1 heterocycles. The fraction of sp³-hybridized carbons (Fsp3) is 0.231. The van der Waals surface area contributed by atoms with E-state index in [9.17, 15) is 14.7 Å². The highest BCUT2D eigenvalue weighted by molar-refractivity contribution is 9.10. The molecule has 1 aromatic carbocycles. The minimum atomic E-state index is -0.556. The number of halogens is 1. The first kappa shape index (κ1) is 15.2. The lowest BCUT2D eigenvalue weighted by molar-refractivity contribution is -0.127. The number of nitrogens with zero attached hydrogens (tertiary/aromatic N) is 2. The van der Waals surface area contributed by atoms with Crippen molar-refractivity contribution < 1.29 is 14.7 Å². The van der Waals surface area contributed by atoms with Crippen LogP contribution in [-0.2, 0) is 9.59 Å². The lowest BCUT2D eigenvalue weighted by Crippen LogP contribution is -2.29. The molecule has 1 aromatic rings. The van der Waals surface area contributed by atoms with Crippen LogP contribution in [0.5, 0.6) is 5.75 Å². The standard InChI is InChI=1S/C13H13BrN4O3/c1-7-10(13(21)18-16-7)5-12(20)17-15-6-8-4-9(14)2-3-11(8)19/h2-4,6,10,19H,5H2,1H3,(H,17,20)(H,18,21). The van der Waals surface area contributed by atoms with Gasteiger partial charge in [0.05, 0.1) is 12.1 Å². The topological polar surface area (TPSA) is 103 Å². The molecule has 1 aliphatic heterocycles. The number of rotatable bonds is 4. The molecule has 8 heteroatoms. The number of aromatic hydroxyl groups is 1. The SMILES string of the molecule is CC1=NNC(=O)C1CC(=O)NN=Cc1cc(Br)ccc1O. The molecule has 0 aliphatic carbocycles. The summed E-state index contributed by atoms with van der Waals surface area (Å²) < 4.78 is 0.780. The van der Waals surface area contributed by atoms with Crippen LogP contribution in [0.1, 0.15) is 18.9 Å². The van der Waals surface area contributed by atoms with Gasteiger partial charge in [-0.15, -0.1) is 0 Å². The van der Waals surface area contributed by atoms with Crippen LogP contribution in [0.2, 0.25) is 0 Å². The van der Waals surface area contributed by atoms with Crippen molar-refractivity contribution in [1.29, 1.82) is 0 Å². The second-order valence-corrected chi connectivity index (χ2v) is 5.40. The maximum atomic E-state index is 11.7. The van der Waals surface area contributed by atoms with Gasteiger partial charge in [0.15, 0.2) is 0 Å². The maximum absolute atomic E-state index is 11.7. The number of carbonyl (C=O) groups excluding carboxylic acids is 2. The number of phenolic OH excluding ortho intramolecular Hbond substituents is 1. The predicted molar refractivity (Wildman–Crippen MR) is 80.9 cm³/mol. The monoisotopic (exact) mass is 352 g/mol. The molecule has 0 saturated carbocycles. The Bertz CT molecular complexity index is 642. The average molecular weight is 353 g/mol. The molecule has 0 saturated heterocycles. The number of benzene rings is 1. The van der Waals surface area contributed by atoms with Crippen molar-refractivity contribution in [3.63, 3.8) is 0 Å². The highest BCUT2D eigenvalue weighted by atomic mass is 79.9. The van der Waals surface area contributed by atoms with E-state index in [2.05, 4.69) is 37.0 Å². The molecule has 0 radical (unpaired) electrons. The number of hydrogen-bond donors (Lipinski definition) is 3. The van der Waals surface area contributed by atoms with Crippen LogP contribution in [0, 0.1) is 5.92 Å². The van der Waals surface area contributed by atoms with E-state index in [4.69, 9.17) is 0 Å². The van der Waals surface area contributed by atoms with Crippen LogP contribution in [-0.4, -0.2) is 28.8 Å². The van der Waals surface area contributed by atoms with E-state index in [0.29, 0.717) is 11.3 Å². The molecule has 7 nitrogen and oxygen atoms in total. The summed E-state index contributed by atoms with van der Waals surface area (Å²) in [6.45, 7) is 1.68. The number of phenols is 1. The summed E-state index contributed by atoms with van der Waals surface area (Å²) in [6.07, 6.45) is 1.30. The third kappa shape index (κ3) is 3.88. The molecule has 110 valence electrons. The van der Waals surface area contributed by atoms with Crippen molar-refractivity contribution in [2.45, 2.75) is 13.3 Å². The molecule has 1 aliphatic rings. The van der Waals surface area contributed by atoms with Gasteiger partial charge in [0.1, 0.15) is 5.75 Å². The summed E-state index contributed by atoms with van der Waals surface area (Å²) in [4.78, 5) is 23.1. The van der Waals surface area contributed by atoms with E-state index in [0.717, 1.165) is 4.47 Å². The van der Waals surface area contributed by atoms with Gasteiger partial charge >= 0.3 is 0 Å². The highest BCUT2D eigenvalue weighted by Crippen LogP contribution is 2.19. The maximum Gasteiger partial charge on any atom is 0.249 e. The van der Waals surface area contributed by atoms with E-state index < -0.39 is 11.8 Å². The molecule has 0 aromatic heterocycles. The Labute approximate surface area is 129 Å². The van der Waals surface area contributed by atoms with Crippen molar-refractivity contribution in [1.82, 2.24) is 10.9 Å². The number of carbonyl (C=O) groups is 2. The van der Waals surface area contributed by atoms with E-state index in [1.807, 2.05) is 0 Å². The van der Waals surface area contributed by atoms with Gasteiger partial charge < -0.3 is 5.11 Å². The second-order valence-electron chi connectivity index (χ2n) is 4.48. The third-order valence-corrected chi connectivity index (χ3v) is 3.43. The Balaban J connectivity index is 1.92. The minimum Gasteiger partial charge on any atom is -0.507 e. The van der Waals surface area contributed by atoms with Crippen LogP contribution in [0.4, 0.5) is 0 Å². The Morgan fingerprint density at radius 2 is 2.38 bits per heavy atom. The van der Waals surface area contributed by atoms with Gasteiger partial charge in [-0.2, -0.15) is 10.2 Å². The predicted octanol–water partition coefficient (Wildman–Crippen LogP) is 1.12. The first-order valence-corrected chi connectivity index (χ1v) is 6.91. The second kappa shape index (κ2) is 6.49. The normalized spacial score (nSPS) is 17.7. The number of hydrazone groups is 2. The zero-order valence-corrected chi connectivity index (χ0v) is 12.7. The van der Waals surface area contributed by atoms with Crippen LogP contribution in [0.25, 0.3) is 0 Å². The number of nitrogens with one attached hydrogen (secondary N) is 2. The van der Waals surface area contributed by atoms with E-state index in [1.165, 1.54) is 12.3 Å². The fourth-order valence-corrected chi connectivity index (χ4v) is 2.14. The van der Waals surface area contributed by atoms with E-state index in [-0.39, 0.29) is 18.1 Å². The summed E-state index contributed by atoms with van der Waals surface area (Å²) in [5.41, 5.74) is 5.66. The lowest BCUT2D eigenvalue weighted by atomic mass is 10.0. The zero-order valence-electron chi connectivity index (χ0n) is 11.1. The minimum absolute atomic E-state index is 0.0248. The third-order valence-electron chi connectivity index (χ3n) is 2.94. The molecule has 3 N–H and O–H groups in total. The van der Waals surface area contributed by atoms with Gasteiger partial charge in [-0.25, -0.2) is 10.9 Å². The van der Waals surface area contributed by atoms with E-state index in [1.54, 1.807) is 19.1 Å². The summed E-state index contributed by atoms with van der Waals surface area (Å²) in [6, 6.07) is 4.86. The van der Waals surface area contributed by atoms with Gasteiger partial charge in [0.25, 0.3) is 0 Å². The number of amides is 2. The van der Waals surface area contributed by atoms with Crippen LogP contribution in [0.15, 0.2) is 32.9 Å². The summed E-state index contributed by atoms with van der Waals surface area (Å²) in [5, 5.41) is 17.1. The first-order chi connectivity index (χ1) is 9.97. The Hall–Kier alpha value is -2.22. The molecule has 0 spiro atoms. The zero-order chi connectivity index (χ0) is 15.4. The van der Waals surface area contributed by atoms with Crippen molar-refractivity contribution in [3.05, 3.63) is 28.2 Å². The van der Waals surface area contributed by atoms with E-state index >= 15 is 0 Å². The molecule has 0 bridgehead atoms. The Morgan fingerprint density at radius 3 is 3.05 bits per heavy atom. The number of hydrogen-bond acceptors (Lipinski definition) is 5. The molecule has 2 amide bonds. The molecular formula is C13H13BrN4O3. The summed E-state index contributed by atoms with van der Waals surface area (Å²) in [7, 11) is 0. The molecule has 1 unspecified atom stereocenters. The Kier molecular flexibility index (Phi) is 4.69. The van der Waals surface area contributed by atoms with Gasteiger partial charge in [-0.05, 0) is 25.1 Å². The molecule has 0 fully saturated rings.